The van der Waals surface area contributed by atoms with Crippen LogP contribution in [0.1, 0.15) is 129 Å². The Kier molecular flexibility index (Phi) is 26.9. The van der Waals surface area contributed by atoms with Gasteiger partial charge in [0.15, 0.2) is 0 Å². The van der Waals surface area contributed by atoms with Gasteiger partial charge in [0.2, 0.25) is 35.4 Å². The largest absolute Gasteiger partial charge is 0.356 e. The first-order valence-electron chi connectivity index (χ1n) is 17.2. The predicted molar refractivity (Wildman–Crippen MR) is 174 cm³/mol. The molecule has 0 bridgehead atoms. The van der Waals surface area contributed by atoms with Crippen LogP contribution in [0.4, 0.5) is 0 Å². The number of amides is 6. The molecule has 0 radical (unpaired) electrons. The fraction of sp³-hybridized carbons (Fsp3) is 0.812. The summed E-state index contributed by atoms with van der Waals surface area (Å²) in [4.78, 5) is 70.7. The maximum absolute atomic E-state index is 12.1. The van der Waals surface area contributed by atoms with Gasteiger partial charge in [-0.3, -0.25) is 44.4 Å². The number of nitrogens with zero attached hydrogens (tertiary/aromatic N) is 3. The quantitative estimate of drug-likeness (QED) is 0.0391. The lowest BCUT2D eigenvalue weighted by atomic mass is 10.1. The molecule has 0 aliphatic rings. The molecule has 15 nitrogen and oxygen atoms in total. The van der Waals surface area contributed by atoms with Gasteiger partial charge in [-0.25, -0.2) is 15.2 Å². The molecule has 6 amide bonds. The molecule has 272 valence electrons. The lowest BCUT2D eigenvalue weighted by Crippen LogP contribution is -2.31. The van der Waals surface area contributed by atoms with Crippen LogP contribution in [0.2, 0.25) is 0 Å². The Morgan fingerprint density at radius 2 is 0.809 bits per heavy atom. The normalized spacial score (nSPS) is 10.7. The number of carbonyl (C=O) groups is 6. The van der Waals surface area contributed by atoms with Gasteiger partial charge in [0.1, 0.15) is 0 Å². The van der Waals surface area contributed by atoms with Crippen molar-refractivity contribution in [3.8, 4) is 0 Å². The van der Waals surface area contributed by atoms with Crippen molar-refractivity contribution < 1.29 is 44.4 Å². The van der Waals surface area contributed by atoms with Crippen LogP contribution < -0.4 is 16.0 Å². The maximum Gasteiger partial charge on any atom is 0.246 e. The Balaban J connectivity index is 3.75. The zero-order valence-corrected chi connectivity index (χ0v) is 28.6. The minimum Gasteiger partial charge on any atom is -0.356 e. The summed E-state index contributed by atoms with van der Waals surface area (Å²) >= 11 is 0. The third-order valence-electron chi connectivity index (χ3n) is 7.44. The minimum atomic E-state index is -0.555. The average Bonchev–Trinajstić information content (AvgIpc) is 3.04. The molecular weight excluding hydrogens is 612 g/mol. The van der Waals surface area contributed by atoms with E-state index in [9.17, 15) is 44.4 Å². The smallest absolute Gasteiger partial charge is 0.246 e. The molecule has 0 spiro atoms. The van der Waals surface area contributed by atoms with Crippen molar-refractivity contribution in [2.24, 2.45) is 0 Å². The molecule has 0 aromatic heterocycles. The molecule has 0 aromatic rings. The third-order valence-corrected chi connectivity index (χ3v) is 7.44. The summed E-state index contributed by atoms with van der Waals surface area (Å²) in [6.07, 6.45) is 10.3. The zero-order chi connectivity index (χ0) is 35.3. The van der Waals surface area contributed by atoms with E-state index in [1.165, 1.54) is 6.92 Å². The van der Waals surface area contributed by atoms with Gasteiger partial charge in [-0.2, -0.15) is 0 Å². The molecule has 47 heavy (non-hydrogen) atoms. The number of hydrogen-bond donors (Lipinski definition) is 6. The van der Waals surface area contributed by atoms with Gasteiger partial charge in [-0.05, 0) is 64.2 Å². The molecule has 0 aliphatic carbocycles. The van der Waals surface area contributed by atoms with E-state index in [1.54, 1.807) is 0 Å². The molecule has 0 heterocycles. The summed E-state index contributed by atoms with van der Waals surface area (Å²) in [5, 5.41) is 39.3. The van der Waals surface area contributed by atoms with E-state index in [0.29, 0.717) is 86.2 Å². The predicted octanol–water partition coefficient (Wildman–Crippen LogP) is 3.05. The van der Waals surface area contributed by atoms with E-state index in [-0.39, 0.29) is 63.0 Å². The highest BCUT2D eigenvalue weighted by atomic mass is 16.5. The third kappa shape index (κ3) is 26.5. The van der Waals surface area contributed by atoms with E-state index in [0.717, 1.165) is 38.5 Å². The molecular formula is C32H60N6O9. The van der Waals surface area contributed by atoms with Crippen LogP contribution in [0.15, 0.2) is 0 Å². The van der Waals surface area contributed by atoms with Crippen molar-refractivity contribution in [2.75, 3.05) is 39.3 Å². The molecule has 0 rings (SSSR count). The van der Waals surface area contributed by atoms with Crippen molar-refractivity contribution in [3.63, 3.8) is 0 Å². The molecule has 15 heteroatoms. The minimum absolute atomic E-state index is 0.0454. The summed E-state index contributed by atoms with van der Waals surface area (Å²) in [5.41, 5.74) is 0. The van der Waals surface area contributed by atoms with Gasteiger partial charge in [-0.15, -0.1) is 0 Å². The zero-order valence-electron chi connectivity index (χ0n) is 28.6. The molecule has 0 aromatic carbocycles. The highest BCUT2D eigenvalue weighted by Crippen LogP contribution is 2.05. The highest BCUT2D eigenvalue weighted by molar-refractivity contribution is 5.83. The van der Waals surface area contributed by atoms with Crippen LogP contribution >= 0.6 is 0 Å². The molecule has 6 N–H and O–H groups in total. The van der Waals surface area contributed by atoms with Crippen LogP contribution in [0.3, 0.4) is 0 Å². The first kappa shape index (κ1) is 43.7. The molecule has 0 atom stereocenters. The monoisotopic (exact) mass is 672 g/mol. The van der Waals surface area contributed by atoms with E-state index >= 15 is 0 Å². The Bertz CT molecular complexity index is 921. The van der Waals surface area contributed by atoms with Gasteiger partial charge in [-0.1, -0.05) is 26.2 Å². The molecule has 0 unspecified atom stereocenters. The molecule has 0 saturated heterocycles. The van der Waals surface area contributed by atoms with E-state index < -0.39 is 17.7 Å². The van der Waals surface area contributed by atoms with Crippen LogP contribution in [-0.2, 0) is 28.8 Å². The van der Waals surface area contributed by atoms with E-state index in [1.807, 2.05) is 0 Å². The molecule has 0 aliphatic heterocycles. The number of unbranched alkanes of at least 4 members (excludes halogenated alkanes) is 9. The number of nitrogens with one attached hydrogen (secondary N) is 3. The van der Waals surface area contributed by atoms with Crippen molar-refractivity contribution in [1.29, 1.82) is 0 Å². The number of rotatable bonds is 29. The summed E-state index contributed by atoms with van der Waals surface area (Å²) in [7, 11) is 0. The molecule has 0 saturated carbocycles. The Morgan fingerprint density at radius 1 is 0.447 bits per heavy atom. The van der Waals surface area contributed by atoms with E-state index in [2.05, 4.69) is 22.9 Å². The summed E-state index contributed by atoms with van der Waals surface area (Å²) in [6, 6.07) is 0. The second-order valence-corrected chi connectivity index (χ2v) is 11.7. The van der Waals surface area contributed by atoms with Crippen LogP contribution in [0.25, 0.3) is 0 Å². The summed E-state index contributed by atoms with van der Waals surface area (Å²) in [6.45, 7) is 5.26. The van der Waals surface area contributed by atoms with E-state index in [4.69, 9.17) is 0 Å². The van der Waals surface area contributed by atoms with Gasteiger partial charge in [0.05, 0.1) is 0 Å². The number of carbonyl (C=O) groups excluding carboxylic acids is 6. The van der Waals surface area contributed by atoms with Crippen molar-refractivity contribution in [3.05, 3.63) is 0 Å². The fourth-order valence-electron chi connectivity index (χ4n) is 4.46. The van der Waals surface area contributed by atoms with Gasteiger partial charge in [0, 0.05) is 78.3 Å². The first-order chi connectivity index (χ1) is 22.5. The lowest BCUT2D eigenvalue weighted by molar-refractivity contribution is -0.166. The topological polar surface area (TPSA) is 209 Å². The average molecular weight is 673 g/mol. The summed E-state index contributed by atoms with van der Waals surface area (Å²) in [5.74, 6) is -2.05. The highest BCUT2D eigenvalue weighted by Gasteiger charge is 2.14. The lowest BCUT2D eigenvalue weighted by Gasteiger charge is -2.15. The van der Waals surface area contributed by atoms with Crippen molar-refractivity contribution in [1.82, 2.24) is 31.1 Å². The van der Waals surface area contributed by atoms with Crippen LogP contribution in [-0.4, -0.2) is 106 Å². The van der Waals surface area contributed by atoms with Gasteiger partial charge in [0.25, 0.3) is 0 Å². The van der Waals surface area contributed by atoms with Gasteiger partial charge < -0.3 is 16.0 Å². The Morgan fingerprint density at radius 3 is 1.19 bits per heavy atom. The Hall–Kier alpha value is -3.30. The first-order valence-corrected chi connectivity index (χ1v) is 17.2. The maximum atomic E-state index is 12.1. The van der Waals surface area contributed by atoms with Gasteiger partial charge >= 0.3 is 0 Å². The molecule has 0 fully saturated rings. The number of hydroxylamine groups is 6. The Labute approximate surface area is 279 Å². The second kappa shape index (κ2) is 28.9. The van der Waals surface area contributed by atoms with Crippen molar-refractivity contribution in [2.45, 2.75) is 129 Å². The standard InChI is InChI=1S/C32H60N6O9/c1-3-4-5-9-16-28(40)33-21-11-7-14-25-37(46)31(43)20-18-30(42)35-23-12-8-15-26-38(47)32(44)19-17-29(41)34-22-10-6-13-24-36(45)27(2)39/h45-47H,3-26H2,1-2H3,(H,33,40)(H,34,41)(H,35,42). The SMILES string of the molecule is CCCCCCC(=O)NCCCCCN(O)C(=O)CCC(=O)NCCCCCN(O)C(=O)CCC(=O)NCCCCCN(O)C(C)=O. The van der Waals surface area contributed by atoms with Crippen molar-refractivity contribution >= 4 is 35.4 Å². The van der Waals surface area contributed by atoms with Crippen LogP contribution in [0.5, 0.6) is 0 Å². The second-order valence-electron chi connectivity index (χ2n) is 11.7. The fourth-order valence-corrected chi connectivity index (χ4v) is 4.46. The van der Waals surface area contributed by atoms with Crippen LogP contribution in [0, 0.1) is 0 Å². The summed E-state index contributed by atoms with van der Waals surface area (Å²) < 4.78 is 0. The number of hydrogen-bond acceptors (Lipinski definition) is 9.